The summed E-state index contributed by atoms with van der Waals surface area (Å²) in [4.78, 5) is 12.7. The Balaban J connectivity index is 1.72. The normalized spacial score (nSPS) is 18.3. The second kappa shape index (κ2) is 8.14. The zero-order valence-corrected chi connectivity index (χ0v) is 16.5. The van der Waals surface area contributed by atoms with Crippen molar-refractivity contribution >= 4 is 44.8 Å². The van der Waals surface area contributed by atoms with Crippen LogP contribution < -0.4 is 5.32 Å². The molecule has 1 aliphatic rings. The predicted octanol–water partition coefficient (Wildman–Crippen LogP) is 4.17. The second-order valence-corrected chi connectivity index (χ2v) is 9.06. The molecule has 0 aromatic heterocycles. The zero-order chi connectivity index (χ0) is 19.6. The van der Waals surface area contributed by atoms with Crippen LogP contribution in [0.2, 0.25) is 10.0 Å². The molecule has 0 bridgehead atoms. The molecule has 1 fully saturated rings. The lowest BCUT2D eigenvalue weighted by molar-refractivity contribution is -0.120. The van der Waals surface area contributed by atoms with E-state index in [2.05, 4.69) is 5.32 Å². The van der Waals surface area contributed by atoms with Gasteiger partial charge in [-0.1, -0.05) is 23.2 Å². The van der Waals surface area contributed by atoms with Crippen molar-refractivity contribution in [3.05, 3.63) is 58.3 Å². The highest BCUT2D eigenvalue weighted by molar-refractivity contribution is 7.89. The first-order chi connectivity index (χ1) is 12.8. The quantitative estimate of drug-likeness (QED) is 0.790. The molecular formula is C18H17Cl2FN2O3S. The minimum Gasteiger partial charge on any atom is -0.326 e. The van der Waals surface area contributed by atoms with E-state index in [1.807, 2.05) is 0 Å². The van der Waals surface area contributed by atoms with Crippen molar-refractivity contribution in [2.75, 3.05) is 18.4 Å². The van der Waals surface area contributed by atoms with Crippen LogP contribution in [-0.2, 0) is 14.8 Å². The molecule has 1 atom stereocenters. The van der Waals surface area contributed by atoms with Gasteiger partial charge in [0.2, 0.25) is 15.9 Å². The molecular weight excluding hydrogens is 414 g/mol. The van der Waals surface area contributed by atoms with Crippen LogP contribution in [0.5, 0.6) is 0 Å². The third kappa shape index (κ3) is 4.60. The highest BCUT2D eigenvalue weighted by Crippen LogP contribution is 2.26. The molecule has 9 heteroatoms. The Labute approximate surface area is 167 Å². The van der Waals surface area contributed by atoms with Crippen LogP contribution in [0.3, 0.4) is 0 Å². The maximum Gasteiger partial charge on any atom is 0.243 e. The molecule has 0 saturated carbocycles. The van der Waals surface area contributed by atoms with E-state index in [0.29, 0.717) is 30.1 Å². The predicted molar refractivity (Wildman–Crippen MR) is 103 cm³/mol. The molecule has 144 valence electrons. The van der Waals surface area contributed by atoms with Crippen LogP contribution in [0.4, 0.5) is 10.1 Å². The number of rotatable bonds is 4. The first-order valence-electron chi connectivity index (χ1n) is 8.29. The molecule has 1 aliphatic heterocycles. The second-order valence-electron chi connectivity index (χ2n) is 6.27. The maximum absolute atomic E-state index is 13.2. The largest absolute Gasteiger partial charge is 0.326 e. The van der Waals surface area contributed by atoms with Crippen molar-refractivity contribution in [3.63, 3.8) is 0 Å². The number of carbonyl (C=O) groups excluding carboxylic acids is 1. The molecule has 0 radical (unpaired) electrons. The van der Waals surface area contributed by atoms with Gasteiger partial charge in [0.15, 0.2) is 0 Å². The van der Waals surface area contributed by atoms with E-state index in [1.54, 1.807) is 0 Å². The summed E-state index contributed by atoms with van der Waals surface area (Å²) in [5, 5.41) is 3.02. The van der Waals surface area contributed by atoms with Crippen LogP contribution in [0.25, 0.3) is 0 Å². The Kier molecular flexibility index (Phi) is 6.05. The van der Waals surface area contributed by atoms with Gasteiger partial charge in [0.1, 0.15) is 5.82 Å². The lowest BCUT2D eigenvalue weighted by Crippen LogP contribution is -2.43. The number of halogens is 3. The van der Waals surface area contributed by atoms with E-state index < -0.39 is 21.8 Å². The fourth-order valence-corrected chi connectivity index (χ4v) is 4.78. The monoisotopic (exact) mass is 430 g/mol. The molecule has 2 aromatic rings. The van der Waals surface area contributed by atoms with Crippen molar-refractivity contribution in [2.24, 2.45) is 5.92 Å². The zero-order valence-electron chi connectivity index (χ0n) is 14.2. The molecule has 27 heavy (non-hydrogen) atoms. The number of nitrogens with zero attached hydrogens (tertiary/aromatic N) is 1. The number of piperidine rings is 1. The third-order valence-electron chi connectivity index (χ3n) is 4.39. The molecule has 1 saturated heterocycles. The molecule has 1 amide bonds. The fourth-order valence-electron chi connectivity index (χ4n) is 2.95. The van der Waals surface area contributed by atoms with E-state index in [4.69, 9.17) is 23.2 Å². The van der Waals surface area contributed by atoms with E-state index in [9.17, 15) is 17.6 Å². The summed E-state index contributed by atoms with van der Waals surface area (Å²) in [6.07, 6.45) is 1.13. The van der Waals surface area contributed by atoms with Crippen LogP contribution in [0.15, 0.2) is 47.4 Å². The smallest absolute Gasteiger partial charge is 0.243 e. The average molecular weight is 431 g/mol. The Bertz CT molecular complexity index is 952. The summed E-state index contributed by atoms with van der Waals surface area (Å²) in [7, 11) is -3.71. The Morgan fingerprint density at radius 2 is 1.85 bits per heavy atom. The number of nitrogens with one attached hydrogen (secondary N) is 1. The van der Waals surface area contributed by atoms with Crippen LogP contribution in [0.1, 0.15) is 12.8 Å². The van der Waals surface area contributed by atoms with E-state index in [-0.39, 0.29) is 22.4 Å². The summed E-state index contributed by atoms with van der Waals surface area (Å²) < 4.78 is 40.1. The Morgan fingerprint density at radius 3 is 2.52 bits per heavy atom. The highest BCUT2D eigenvalue weighted by atomic mass is 35.5. The van der Waals surface area contributed by atoms with E-state index in [1.165, 1.54) is 40.7 Å². The molecule has 1 N–H and O–H groups in total. The Hall–Kier alpha value is -1.67. The highest BCUT2D eigenvalue weighted by Gasteiger charge is 2.33. The summed E-state index contributed by atoms with van der Waals surface area (Å²) in [5.74, 6) is -1.41. The minimum absolute atomic E-state index is 0.0751. The molecule has 0 spiro atoms. The van der Waals surface area contributed by atoms with Crippen molar-refractivity contribution in [3.8, 4) is 0 Å². The number of anilines is 1. The first-order valence-corrected chi connectivity index (χ1v) is 10.5. The van der Waals surface area contributed by atoms with Gasteiger partial charge in [-0.2, -0.15) is 4.31 Å². The van der Waals surface area contributed by atoms with Gasteiger partial charge in [0, 0.05) is 23.8 Å². The Morgan fingerprint density at radius 1 is 1.15 bits per heavy atom. The van der Waals surface area contributed by atoms with Gasteiger partial charge in [0.25, 0.3) is 0 Å². The number of amides is 1. The van der Waals surface area contributed by atoms with Gasteiger partial charge in [-0.3, -0.25) is 4.79 Å². The fraction of sp³-hybridized carbons (Fsp3) is 0.278. The molecule has 1 heterocycles. The van der Waals surface area contributed by atoms with Crippen LogP contribution in [0, 0.1) is 11.7 Å². The van der Waals surface area contributed by atoms with Crippen molar-refractivity contribution < 1.29 is 17.6 Å². The van der Waals surface area contributed by atoms with Crippen LogP contribution >= 0.6 is 23.2 Å². The van der Waals surface area contributed by atoms with E-state index in [0.717, 1.165) is 6.07 Å². The van der Waals surface area contributed by atoms with Gasteiger partial charge in [-0.15, -0.1) is 0 Å². The number of sulfonamides is 1. The number of carbonyl (C=O) groups is 1. The molecule has 0 aliphatic carbocycles. The first kappa shape index (κ1) is 20.1. The third-order valence-corrected chi connectivity index (χ3v) is 6.81. The van der Waals surface area contributed by atoms with Crippen molar-refractivity contribution in [1.82, 2.24) is 4.31 Å². The average Bonchev–Trinajstić information content (AvgIpc) is 2.65. The van der Waals surface area contributed by atoms with Gasteiger partial charge in [0.05, 0.1) is 15.8 Å². The topological polar surface area (TPSA) is 66.5 Å². The lowest BCUT2D eigenvalue weighted by atomic mass is 9.99. The number of hydrogen-bond donors (Lipinski definition) is 1. The summed E-state index contributed by atoms with van der Waals surface area (Å²) in [6.45, 7) is 0.419. The number of hydrogen-bond acceptors (Lipinski definition) is 3. The van der Waals surface area contributed by atoms with Gasteiger partial charge in [-0.05, 0) is 55.3 Å². The lowest BCUT2D eigenvalue weighted by Gasteiger charge is -2.31. The van der Waals surface area contributed by atoms with Gasteiger partial charge in [-0.25, -0.2) is 12.8 Å². The molecule has 5 nitrogen and oxygen atoms in total. The van der Waals surface area contributed by atoms with Gasteiger partial charge < -0.3 is 5.32 Å². The maximum atomic E-state index is 13.2. The summed E-state index contributed by atoms with van der Waals surface area (Å²) >= 11 is 11.5. The summed E-state index contributed by atoms with van der Waals surface area (Å²) in [5.41, 5.74) is 0.365. The van der Waals surface area contributed by atoms with Crippen molar-refractivity contribution in [2.45, 2.75) is 17.7 Å². The summed E-state index contributed by atoms with van der Waals surface area (Å²) in [6, 6.07) is 9.81. The molecule has 0 unspecified atom stereocenters. The number of benzene rings is 2. The van der Waals surface area contributed by atoms with Gasteiger partial charge >= 0.3 is 0 Å². The molecule has 3 rings (SSSR count). The minimum atomic E-state index is -3.71. The van der Waals surface area contributed by atoms with E-state index >= 15 is 0 Å². The molecule has 2 aromatic carbocycles. The van der Waals surface area contributed by atoms with Crippen LogP contribution in [-0.4, -0.2) is 31.7 Å². The standard InChI is InChI=1S/C18H17Cl2FN2O3S/c19-13-3-6-15(7-4-13)27(25,26)23-9-1-2-12(11-23)18(24)22-14-5-8-17(21)16(20)10-14/h3-8,10,12H,1-2,9,11H2,(H,22,24)/t12-/m0/s1. The SMILES string of the molecule is O=C(Nc1ccc(F)c(Cl)c1)[C@H]1CCCN(S(=O)(=O)c2ccc(Cl)cc2)C1. The van der Waals surface area contributed by atoms with Crippen molar-refractivity contribution in [1.29, 1.82) is 0 Å².